The fraction of sp³-hybridized carbons (Fsp3) is 0.148. The van der Waals surface area contributed by atoms with Crippen LogP contribution in [0.3, 0.4) is 0 Å². The Morgan fingerprint density at radius 3 is 2.67 bits per heavy atom. The van der Waals surface area contributed by atoms with Crippen LogP contribution < -0.4 is 5.56 Å². The Hall–Kier alpha value is -3.72. The highest BCUT2D eigenvalue weighted by Crippen LogP contribution is 2.29. The van der Waals surface area contributed by atoms with Gasteiger partial charge in [0.05, 0.1) is 23.5 Å². The summed E-state index contributed by atoms with van der Waals surface area (Å²) in [5, 5.41) is 10.2. The minimum absolute atomic E-state index is 0.189. The van der Waals surface area contributed by atoms with Crippen LogP contribution in [0.4, 0.5) is 0 Å². The number of pyridine rings is 2. The molecular formula is C27H22ClN3O2. The fourth-order valence-corrected chi connectivity index (χ4v) is 4.09. The van der Waals surface area contributed by atoms with Crippen molar-refractivity contribution in [3.8, 4) is 34.0 Å². The Morgan fingerprint density at radius 1 is 1.06 bits per heavy atom. The number of aryl methyl sites for hydroxylation is 1. The molecule has 0 aliphatic heterocycles. The van der Waals surface area contributed by atoms with Crippen LogP contribution in [0.5, 0.6) is 0 Å². The first-order valence-electron chi connectivity index (χ1n) is 10.6. The zero-order valence-corrected chi connectivity index (χ0v) is 18.9. The largest absolute Gasteiger partial charge is 0.385 e. The molecule has 4 aromatic rings. The van der Waals surface area contributed by atoms with Crippen molar-refractivity contribution in [3.63, 3.8) is 0 Å². The van der Waals surface area contributed by atoms with Crippen molar-refractivity contribution in [2.75, 3.05) is 13.7 Å². The molecule has 2 aromatic heterocycles. The Labute approximate surface area is 197 Å². The summed E-state index contributed by atoms with van der Waals surface area (Å²) in [6.07, 6.45) is 6.69. The van der Waals surface area contributed by atoms with E-state index in [-0.39, 0.29) is 5.56 Å². The Balaban J connectivity index is 1.94. The summed E-state index contributed by atoms with van der Waals surface area (Å²) in [4.78, 5) is 17.8. The van der Waals surface area contributed by atoms with E-state index in [4.69, 9.17) is 16.3 Å². The first-order valence-corrected chi connectivity index (χ1v) is 10.9. The summed E-state index contributed by atoms with van der Waals surface area (Å²) in [6, 6.07) is 20.7. The molecule has 0 amide bonds. The lowest BCUT2D eigenvalue weighted by Crippen LogP contribution is -2.20. The van der Waals surface area contributed by atoms with Gasteiger partial charge in [0.2, 0.25) is 0 Å². The normalized spacial score (nSPS) is 10.7. The fourth-order valence-electron chi connectivity index (χ4n) is 3.83. The lowest BCUT2D eigenvalue weighted by molar-refractivity contribution is 0.195. The molecule has 33 heavy (non-hydrogen) atoms. The lowest BCUT2D eigenvalue weighted by atomic mass is 9.96. The maximum Gasteiger partial charge on any atom is 0.263 e. The van der Waals surface area contributed by atoms with Gasteiger partial charge in [-0.15, -0.1) is 0 Å². The van der Waals surface area contributed by atoms with Crippen LogP contribution in [0, 0.1) is 11.3 Å². The van der Waals surface area contributed by atoms with Crippen LogP contribution in [0.1, 0.15) is 17.5 Å². The molecule has 0 aliphatic carbocycles. The lowest BCUT2D eigenvalue weighted by Gasteiger charge is -2.14. The van der Waals surface area contributed by atoms with E-state index in [0.717, 1.165) is 35.1 Å². The summed E-state index contributed by atoms with van der Waals surface area (Å²) in [6.45, 7) is 0.649. The monoisotopic (exact) mass is 455 g/mol. The number of nitriles is 1. The van der Waals surface area contributed by atoms with Crippen LogP contribution in [0.25, 0.3) is 27.9 Å². The highest BCUT2D eigenvalue weighted by atomic mass is 35.5. The zero-order chi connectivity index (χ0) is 23.2. The molecule has 0 N–H and O–H groups in total. The number of hydrogen-bond donors (Lipinski definition) is 0. The number of halogens is 1. The molecule has 0 saturated heterocycles. The van der Waals surface area contributed by atoms with Crippen LogP contribution in [-0.4, -0.2) is 23.3 Å². The second-order valence-corrected chi connectivity index (χ2v) is 8.07. The number of ether oxygens (including phenoxy) is 1. The van der Waals surface area contributed by atoms with Gasteiger partial charge in [0.1, 0.15) is 0 Å². The van der Waals surface area contributed by atoms with Gasteiger partial charge in [0, 0.05) is 47.8 Å². The summed E-state index contributed by atoms with van der Waals surface area (Å²) >= 11 is 6.43. The van der Waals surface area contributed by atoms with E-state index in [2.05, 4.69) is 11.1 Å². The summed E-state index contributed by atoms with van der Waals surface area (Å²) < 4.78 is 6.73. The number of benzene rings is 2. The molecule has 0 aliphatic rings. The van der Waals surface area contributed by atoms with E-state index in [1.54, 1.807) is 48.5 Å². The average Bonchev–Trinajstić information content (AvgIpc) is 2.84. The number of rotatable bonds is 7. The quantitative estimate of drug-likeness (QED) is 0.337. The highest BCUT2D eigenvalue weighted by Gasteiger charge is 2.15. The minimum atomic E-state index is -0.189. The third kappa shape index (κ3) is 5.04. The van der Waals surface area contributed by atoms with Crippen molar-refractivity contribution in [3.05, 3.63) is 106 Å². The second kappa shape index (κ2) is 10.3. The van der Waals surface area contributed by atoms with Crippen molar-refractivity contribution >= 4 is 11.6 Å². The summed E-state index contributed by atoms with van der Waals surface area (Å²) in [5.74, 6) is 0. The Kier molecular flexibility index (Phi) is 6.99. The molecule has 2 aromatic carbocycles. The molecule has 0 saturated carbocycles. The third-order valence-corrected chi connectivity index (χ3v) is 5.60. The molecule has 164 valence electrons. The number of hydrogen-bond acceptors (Lipinski definition) is 4. The molecule has 2 heterocycles. The predicted octanol–water partition coefficient (Wildman–Crippen LogP) is 5.67. The number of methoxy groups -OCH3 is 1. The number of aromatic nitrogens is 2. The first kappa shape index (κ1) is 22.5. The molecule has 0 radical (unpaired) electrons. The van der Waals surface area contributed by atoms with E-state index < -0.39 is 0 Å². The topological polar surface area (TPSA) is 67.9 Å². The zero-order valence-electron chi connectivity index (χ0n) is 18.2. The smallest absolute Gasteiger partial charge is 0.263 e. The van der Waals surface area contributed by atoms with Gasteiger partial charge in [-0.3, -0.25) is 14.3 Å². The predicted molar refractivity (Wildman–Crippen MR) is 131 cm³/mol. The van der Waals surface area contributed by atoms with Crippen molar-refractivity contribution in [1.29, 1.82) is 5.26 Å². The van der Waals surface area contributed by atoms with Gasteiger partial charge in [0.15, 0.2) is 0 Å². The van der Waals surface area contributed by atoms with E-state index in [0.29, 0.717) is 28.4 Å². The van der Waals surface area contributed by atoms with Gasteiger partial charge in [-0.2, -0.15) is 5.26 Å². The molecule has 0 bridgehead atoms. The van der Waals surface area contributed by atoms with E-state index in [9.17, 15) is 10.1 Å². The first-order chi connectivity index (χ1) is 16.1. The molecule has 0 unspecified atom stereocenters. The van der Waals surface area contributed by atoms with Crippen LogP contribution in [-0.2, 0) is 11.2 Å². The third-order valence-electron chi connectivity index (χ3n) is 5.38. The van der Waals surface area contributed by atoms with Gasteiger partial charge in [0.25, 0.3) is 5.56 Å². The maximum absolute atomic E-state index is 13.6. The van der Waals surface area contributed by atoms with Gasteiger partial charge < -0.3 is 4.74 Å². The van der Waals surface area contributed by atoms with Crippen molar-refractivity contribution in [2.24, 2.45) is 0 Å². The van der Waals surface area contributed by atoms with Gasteiger partial charge in [-0.25, -0.2) is 0 Å². The van der Waals surface area contributed by atoms with E-state index in [1.807, 2.05) is 42.5 Å². The molecule has 5 nitrogen and oxygen atoms in total. The Bertz CT molecular complexity index is 1370. The van der Waals surface area contributed by atoms with Gasteiger partial charge >= 0.3 is 0 Å². The van der Waals surface area contributed by atoms with Crippen LogP contribution >= 0.6 is 11.6 Å². The Morgan fingerprint density at radius 2 is 1.91 bits per heavy atom. The van der Waals surface area contributed by atoms with Crippen molar-refractivity contribution in [1.82, 2.24) is 9.55 Å². The van der Waals surface area contributed by atoms with Crippen LogP contribution in [0.15, 0.2) is 84.0 Å². The molecule has 4 rings (SSSR count). The van der Waals surface area contributed by atoms with E-state index >= 15 is 0 Å². The summed E-state index contributed by atoms with van der Waals surface area (Å²) in [7, 11) is 1.68. The standard InChI is InChI=1S/C27H22ClN3O2/c1-33-11-5-6-19-12-21(14-23(28)13-19)26-15-22(25-9-3-2-7-20(25)16-29)18-31(27(26)32)24-8-4-10-30-17-24/h2-4,7-10,12-15,17-18H,5-6,11H2,1H3. The highest BCUT2D eigenvalue weighted by molar-refractivity contribution is 6.31. The van der Waals surface area contributed by atoms with Gasteiger partial charge in [-0.05, 0) is 60.4 Å². The molecule has 6 heteroatoms. The summed E-state index contributed by atoms with van der Waals surface area (Å²) in [5.41, 5.74) is 4.76. The average molecular weight is 456 g/mol. The van der Waals surface area contributed by atoms with Crippen molar-refractivity contribution in [2.45, 2.75) is 12.8 Å². The van der Waals surface area contributed by atoms with Crippen molar-refractivity contribution < 1.29 is 4.74 Å². The maximum atomic E-state index is 13.6. The minimum Gasteiger partial charge on any atom is -0.385 e. The molecule has 0 spiro atoms. The van der Waals surface area contributed by atoms with Gasteiger partial charge in [-0.1, -0.05) is 35.9 Å². The second-order valence-electron chi connectivity index (χ2n) is 7.63. The number of nitrogens with zero attached hydrogens (tertiary/aromatic N) is 3. The molecular weight excluding hydrogens is 434 g/mol. The molecule has 0 atom stereocenters. The van der Waals surface area contributed by atoms with Crippen LogP contribution in [0.2, 0.25) is 5.02 Å². The molecule has 0 fully saturated rings. The van der Waals surface area contributed by atoms with E-state index in [1.165, 1.54) is 0 Å². The SMILES string of the molecule is COCCCc1cc(Cl)cc(-c2cc(-c3ccccc3C#N)cn(-c3cccnc3)c2=O)c1.